The van der Waals surface area contributed by atoms with Crippen LogP contribution in [0.15, 0.2) is 280 Å². The van der Waals surface area contributed by atoms with Gasteiger partial charge < -0.3 is 43.5 Å². The summed E-state index contributed by atoms with van der Waals surface area (Å²) in [7, 11) is 0. The number of rotatable bonds is 10. The molecule has 22 heteroatoms. The molecule has 0 atom stereocenters. The second-order valence-corrected chi connectivity index (χ2v) is 30.7. The van der Waals surface area contributed by atoms with Gasteiger partial charge in [0, 0.05) is 181 Å². The number of nitrogens with zero attached hydrogens (tertiary/aromatic N) is 6. The van der Waals surface area contributed by atoms with Crippen molar-refractivity contribution in [2.45, 2.75) is 69.2 Å². The fourth-order valence-corrected chi connectivity index (χ4v) is 16.9. The number of pyridine rings is 6. The van der Waals surface area contributed by atoms with Crippen molar-refractivity contribution in [2.75, 3.05) is 0 Å². The van der Waals surface area contributed by atoms with E-state index in [1.165, 1.54) is 124 Å². The number of carbonyl (C=O) groups is 3. The molecule has 0 aliphatic heterocycles. The first kappa shape index (κ1) is 88.0. The maximum absolute atomic E-state index is 13.3. The summed E-state index contributed by atoms with van der Waals surface area (Å²) in [4.78, 5) is 61.7. The number of aliphatic hydroxyl groups excluding tert-OH is 3. The molecule has 0 amide bonds. The minimum Gasteiger partial charge on any atom is -0.512 e. The van der Waals surface area contributed by atoms with Crippen molar-refractivity contribution in [3.8, 4) is 76.2 Å². The van der Waals surface area contributed by atoms with Gasteiger partial charge in [0.15, 0.2) is 17.3 Å². The van der Waals surface area contributed by atoms with Crippen molar-refractivity contribution in [1.82, 2.24) is 29.9 Å². The molecule has 0 saturated carbocycles. The van der Waals surface area contributed by atoms with E-state index in [0.29, 0.717) is 17.1 Å². The first-order valence-electron chi connectivity index (χ1n) is 36.9. The van der Waals surface area contributed by atoms with Crippen molar-refractivity contribution in [3.63, 3.8) is 0 Å². The van der Waals surface area contributed by atoms with Gasteiger partial charge >= 0.3 is 0 Å². The van der Waals surface area contributed by atoms with Crippen LogP contribution in [0.5, 0.6) is 0 Å². The number of aliphatic hydroxyl groups is 3. The van der Waals surface area contributed by atoms with Crippen molar-refractivity contribution in [2.24, 2.45) is 0 Å². The minimum absolute atomic E-state index is 0. The van der Waals surface area contributed by atoms with Gasteiger partial charge in [0.2, 0.25) is 17.1 Å². The molecule has 0 aliphatic carbocycles. The Bertz CT molecular complexity index is 6960. The molecule has 19 aromatic rings. The van der Waals surface area contributed by atoms with E-state index in [4.69, 9.17) is 38.5 Å². The smallest absolute Gasteiger partial charge is 0.216 e. The van der Waals surface area contributed by atoms with Crippen LogP contribution in [0.2, 0.25) is 0 Å². The Hall–Kier alpha value is -11.8. The monoisotopic (exact) mass is 2160 g/mol. The molecule has 0 saturated heterocycles. The van der Waals surface area contributed by atoms with Crippen molar-refractivity contribution in [1.29, 1.82) is 0 Å². The van der Waals surface area contributed by atoms with Gasteiger partial charge in [0.05, 0.1) is 34.0 Å². The largest absolute Gasteiger partial charge is 0.512 e. The SMILES string of the molecule is CC(=O)C=C(C)O.CC(=O)C=C(C)O.CC(=O)C=C(C)O.Cc1ccc2c(n1)oc1c(-c3cc4sc(-c5ccc(F)cc5)cc4cn3)[c-]ccc12.Cc1ccc2c(n1)oc1c(-c3cc4sc(-c5ccccc5)c(-c5ccccc5)c4cn3)[c-]ccc12.Cc1ccc2c(n1)oc1c(-c3cc4sc(-c5ccccc5)c(C)c4cn3)[c-]ccc12.[Ir].[Ir].[Ir]. The van der Waals surface area contributed by atoms with Gasteiger partial charge in [0.25, 0.3) is 0 Å². The van der Waals surface area contributed by atoms with E-state index in [-0.39, 0.29) is 101 Å². The van der Waals surface area contributed by atoms with E-state index in [1.54, 1.807) is 46.1 Å². The van der Waals surface area contributed by atoms with Crippen LogP contribution in [0.1, 0.15) is 64.2 Å². The van der Waals surface area contributed by atoms with Crippen LogP contribution in [0.4, 0.5) is 4.39 Å². The molecule has 0 aliphatic rings. The third-order valence-electron chi connectivity index (χ3n) is 18.4. The summed E-state index contributed by atoms with van der Waals surface area (Å²) in [5.74, 6) is -0.421. The molecule has 15 nitrogen and oxygen atoms in total. The van der Waals surface area contributed by atoms with Gasteiger partial charge in [-0.25, -0.2) is 19.3 Å². The zero-order valence-corrected chi connectivity index (χ0v) is 75.4. The van der Waals surface area contributed by atoms with Gasteiger partial charge in [-0.2, -0.15) is 0 Å². The van der Waals surface area contributed by atoms with Crippen molar-refractivity contribution in [3.05, 3.63) is 313 Å². The number of furan rings is 3. The minimum atomic E-state index is -0.233. The maximum atomic E-state index is 13.3. The predicted octanol–water partition coefficient (Wildman–Crippen LogP) is 26.3. The maximum Gasteiger partial charge on any atom is 0.216 e. The number of carbonyl (C=O) groups excluding carboxylic acids is 3. The van der Waals surface area contributed by atoms with Crippen molar-refractivity contribution < 1.29 is 108 Å². The van der Waals surface area contributed by atoms with Crippen LogP contribution in [-0.2, 0) is 74.7 Å². The van der Waals surface area contributed by atoms with E-state index >= 15 is 0 Å². The number of aryl methyl sites for hydroxylation is 4. The summed E-state index contributed by atoms with van der Waals surface area (Å²) in [5.41, 5.74) is 19.2. The fourth-order valence-electron chi connectivity index (χ4n) is 13.4. The molecule has 3 N–H and O–H groups in total. The molecule has 3 radical (unpaired) electrons. The molecule has 7 aromatic carbocycles. The number of hydrogen-bond donors (Lipinski definition) is 3. The summed E-state index contributed by atoms with van der Waals surface area (Å²) in [6, 6.07) is 80.7. The van der Waals surface area contributed by atoms with Gasteiger partial charge in [-0.15, -0.1) is 88.6 Å². The Labute approximate surface area is 737 Å². The average Bonchev–Trinajstić information content (AvgIpc) is 1.62. The van der Waals surface area contributed by atoms with E-state index in [0.717, 1.165) is 126 Å². The fraction of sp³-hybridized carbons (Fsp3) is 0.103. The molecule has 0 bridgehead atoms. The number of fused-ring (bicyclic) bond motifs is 12. The van der Waals surface area contributed by atoms with Crippen molar-refractivity contribution >= 4 is 148 Å². The zero-order chi connectivity index (χ0) is 81.4. The third kappa shape index (κ3) is 20.3. The number of benzene rings is 7. The number of aromatic nitrogens is 6. The summed E-state index contributed by atoms with van der Waals surface area (Å²) >= 11 is 5.26. The second-order valence-electron chi connectivity index (χ2n) is 27.5. The van der Waals surface area contributed by atoms with Crippen LogP contribution in [0.25, 0.3) is 173 Å². The number of ketones is 3. The Morgan fingerprint density at radius 1 is 0.378 bits per heavy atom. The second kappa shape index (κ2) is 39.2. The summed E-state index contributed by atoms with van der Waals surface area (Å²) in [5, 5.41) is 34.6. The number of thiophene rings is 3. The van der Waals surface area contributed by atoms with E-state index < -0.39 is 0 Å². The molecule has 119 heavy (non-hydrogen) atoms. The van der Waals surface area contributed by atoms with E-state index in [1.807, 2.05) is 106 Å². The Kier molecular flexibility index (Phi) is 29.0. The van der Waals surface area contributed by atoms with E-state index in [2.05, 4.69) is 166 Å². The first-order chi connectivity index (χ1) is 56.0. The predicted molar refractivity (Wildman–Crippen MR) is 469 cm³/mol. The number of halogens is 1. The van der Waals surface area contributed by atoms with Crippen LogP contribution in [0, 0.1) is 51.7 Å². The summed E-state index contributed by atoms with van der Waals surface area (Å²) in [6.07, 6.45) is 9.33. The van der Waals surface area contributed by atoms with Crippen LogP contribution < -0.4 is 0 Å². The molecule has 19 rings (SSSR count). The van der Waals surface area contributed by atoms with Crippen LogP contribution in [0.3, 0.4) is 0 Å². The third-order valence-corrected chi connectivity index (χ3v) is 22.0. The normalized spacial score (nSPS) is 11.3. The average molecular weight is 2160 g/mol. The molecule has 0 fully saturated rings. The molecule has 0 unspecified atom stereocenters. The number of hydrogen-bond acceptors (Lipinski definition) is 18. The Morgan fingerprint density at radius 3 is 1.13 bits per heavy atom. The first-order valence-corrected chi connectivity index (χ1v) is 39.3. The number of allylic oxidation sites excluding steroid dienone is 6. The quantitative estimate of drug-likeness (QED) is 0.0657. The molecule has 0 spiro atoms. The van der Waals surface area contributed by atoms with Gasteiger partial charge in [-0.3, -0.25) is 14.4 Å². The van der Waals surface area contributed by atoms with Crippen LogP contribution in [-0.4, -0.2) is 62.6 Å². The molecular weight excluding hydrogens is 2080 g/mol. The Morgan fingerprint density at radius 2 is 0.739 bits per heavy atom. The van der Waals surface area contributed by atoms with Gasteiger partial charge in [0.1, 0.15) is 5.82 Å². The topological polar surface area (TPSA) is 229 Å². The molecule has 12 heterocycles. The molecular formula is C97H74FIr3N6O9S3-3. The molecule has 12 aromatic heterocycles. The molecule has 601 valence electrons. The summed E-state index contributed by atoms with van der Waals surface area (Å²) < 4.78 is 35.2. The van der Waals surface area contributed by atoms with E-state index in [9.17, 15) is 18.8 Å². The zero-order valence-electron chi connectivity index (χ0n) is 65.7. The summed E-state index contributed by atoms with van der Waals surface area (Å²) in [6.45, 7) is 16.6. The van der Waals surface area contributed by atoms with Gasteiger partial charge in [-0.1, -0.05) is 154 Å². The van der Waals surface area contributed by atoms with Crippen LogP contribution >= 0.6 is 34.0 Å². The van der Waals surface area contributed by atoms with Gasteiger partial charge in [-0.05, 0) is 169 Å². The Balaban J connectivity index is 0.000000154. The standard InChI is InChI=1S/C31H19N2OS.C26H17N2OS.C25H14FN2OS.3C5H8O2.3Ir/c1-19-15-16-23-22-13-8-14-24(29(22)34-31(23)33-19)26-17-27-25(18-32-26)28(20-9-4-2-5-10-20)30(35-27)21-11-6-3-7-12-21;1-15-11-12-19-18-9-6-10-20(24(18)29-26(19)28-15)22-13-23-21(14-27-22)16(2)25(30-23)17-7-4-3-5-8-17;1-14-5-10-19-18-3-2-4-20(24(18)29-25(19)28-14)21-12-23-16(13-27-21)11-22(30-23)15-6-8-17(26)9-7-15;3*1-4(6)3-5(2)7;;;/h2-13,15-18H,1H3;3-9,11-14H,1-2H3;2-3,5-13H,1H3;3*3,6H,1-2H3;;;/q3*-1;;;;;;.